The molecule has 1 unspecified atom stereocenters. The van der Waals surface area contributed by atoms with Crippen LogP contribution in [0.1, 0.15) is 104 Å². The maximum absolute atomic E-state index is 13.9. The number of quaternary nitrogens is 1. The fourth-order valence-electron chi connectivity index (χ4n) is 5.46. The van der Waals surface area contributed by atoms with E-state index < -0.39 is 0 Å². The highest BCUT2D eigenvalue weighted by molar-refractivity contribution is 9.12. The zero-order valence-electron chi connectivity index (χ0n) is 22.9. The summed E-state index contributed by atoms with van der Waals surface area (Å²) in [5.74, 6) is -0.444. The van der Waals surface area contributed by atoms with Gasteiger partial charge in [-0.25, -0.2) is 0 Å². The smallest absolute Gasteiger partial charge is 0.265 e. The van der Waals surface area contributed by atoms with Crippen molar-refractivity contribution in [2.24, 2.45) is 0 Å². The van der Waals surface area contributed by atoms with E-state index in [4.69, 9.17) is 0 Å². The number of halogens is 1. The molecule has 2 rings (SSSR count). The van der Waals surface area contributed by atoms with E-state index in [-0.39, 0.29) is 11.7 Å². The largest absolute Gasteiger partial charge is 0.321 e. The van der Waals surface area contributed by atoms with E-state index in [0.717, 1.165) is 79.8 Å². The number of carbonyl (C=O) groups excluding carboxylic acids is 2. The SMILES string of the molecule is CCCCCC[N+]1(CCCCC)C(C)=C(Br)C(=O)C(C(=O)Nc2c(CC)cccc2CC)=C1CC. The van der Waals surface area contributed by atoms with Crippen molar-refractivity contribution < 1.29 is 14.1 Å². The zero-order valence-corrected chi connectivity index (χ0v) is 24.4. The minimum absolute atomic E-state index is 0.179. The van der Waals surface area contributed by atoms with Crippen LogP contribution in [0.15, 0.2) is 39.6 Å². The number of ketones is 1. The van der Waals surface area contributed by atoms with Crippen LogP contribution in [0.5, 0.6) is 0 Å². The third kappa shape index (κ3) is 6.54. The number of benzene rings is 1. The number of para-hydroxylation sites is 1. The molecule has 1 atom stereocenters. The van der Waals surface area contributed by atoms with Crippen molar-refractivity contribution in [3.63, 3.8) is 0 Å². The van der Waals surface area contributed by atoms with Gasteiger partial charge in [0, 0.05) is 19.0 Å². The van der Waals surface area contributed by atoms with Crippen LogP contribution in [0, 0.1) is 0 Å². The second kappa shape index (κ2) is 14.1. The first-order valence-corrected chi connectivity index (χ1v) is 14.6. The summed E-state index contributed by atoms with van der Waals surface area (Å²) >= 11 is 3.63. The number of allylic oxidation sites excluding steroid dienone is 3. The Bertz CT molecular complexity index is 941. The highest BCUT2D eigenvalue weighted by Gasteiger charge is 2.46. The lowest BCUT2D eigenvalue weighted by Gasteiger charge is -2.43. The number of anilines is 1. The van der Waals surface area contributed by atoms with Gasteiger partial charge in [0.2, 0.25) is 5.78 Å². The summed E-state index contributed by atoms with van der Waals surface area (Å²) in [4.78, 5) is 27.5. The Morgan fingerprint density at radius 3 is 1.91 bits per heavy atom. The van der Waals surface area contributed by atoms with Gasteiger partial charge in [0.15, 0.2) is 0 Å². The first-order valence-electron chi connectivity index (χ1n) is 13.8. The summed E-state index contributed by atoms with van der Waals surface area (Å²) in [5.41, 5.74) is 5.45. The summed E-state index contributed by atoms with van der Waals surface area (Å²) in [6.07, 6.45) is 10.4. The number of nitrogens with one attached hydrogen (secondary N) is 1. The lowest BCUT2D eigenvalue weighted by atomic mass is 9.94. The van der Waals surface area contributed by atoms with E-state index in [0.29, 0.717) is 21.0 Å². The summed E-state index contributed by atoms with van der Waals surface area (Å²) in [6, 6.07) is 6.17. The van der Waals surface area contributed by atoms with Crippen LogP contribution < -0.4 is 5.32 Å². The summed E-state index contributed by atoms with van der Waals surface area (Å²) in [7, 11) is 0. The van der Waals surface area contributed by atoms with Crippen LogP contribution in [0.25, 0.3) is 0 Å². The van der Waals surface area contributed by atoms with Gasteiger partial charge in [-0.1, -0.05) is 72.1 Å². The van der Waals surface area contributed by atoms with Crippen molar-refractivity contribution in [2.45, 2.75) is 106 Å². The number of amides is 1. The van der Waals surface area contributed by atoms with Crippen LogP contribution in [0.2, 0.25) is 0 Å². The van der Waals surface area contributed by atoms with Gasteiger partial charge in [-0.3, -0.25) is 14.1 Å². The molecule has 1 aromatic rings. The molecule has 0 saturated carbocycles. The van der Waals surface area contributed by atoms with E-state index in [1.165, 1.54) is 19.3 Å². The van der Waals surface area contributed by atoms with Crippen molar-refractivity contribution in [3.8, 4) is 0 Å². The number of Topliss-reactive ketones (excluding diaryl/α,β-unsaturated/α-hetero) is 1. The van der Waals surface area contributed by atoms with Crippen LogP contribution >= 0.6 is 15.9 Å². The van der Waals surface area contributed by atoms with Gasteiger partial charge >= 0.3 is 0 Å². The van der Waals surface area contributed by atoms with Gasteiger partial charge in [-0.15, -0.1) is 0 Å². The normalized spacial score (nSPS) is 18.4. The number of rotatable bonds is 14. The maximum Gasteiger partial charge on any atom is 0.265 e. The fourth-order valence-corrected chi connectivity index (χ4v) is 6.00. The second-order valence-electron chi connectivity index (χ2n) is 9.70. The fraction of sp³-hybridized carbons (Fsp3) is 0.600. The Kier molecular flexibility index (Phi) is 11.9. The molecule has 1 amide bonds. The summed E-state index contributed by atoms with van der Waals surface area (Å²) in [5, 5.41) is 3.19. The molecule has 194 valence electrons. The third-order valence-electron chi connectivity index (χ3n) is 7.53. The molecular weight excluding hydrogens is 500 g/mol. The molecule has 1 aromatic carbocycles. The quantitative estimate of drug-likeness (QED) is 0.145. The Morgan fingerprint density at radius 1 is 0.857 bits per heavy atom. The van der Waals surface area contributed by atoms with Gasteiger partial charge in [-0.05, 0) is 65.6 Å². The number of unbranched alkanes of at least 4 members (excludes halogenated alkanes) is 5. The minimum atomic E-state index is -0.265. The van der Waals surface area contributed by atoms with Crippen molar-refractivity contribution in [3.05, 3.63) is 50.8 Å². The van der Waals surface area contributed by atoms with Crippen molar-refractivity contribution in [1.29, 1.82) is 0 Å². The number of carbonyl (C=O) groups is 2. The molecule has 5 heteroatoms. The van der Waals surface area contributed by atoms with Crippen molar-refractivity contribution in [2.75, 3.05) is 18.4 Å². The molecule has 1 heterocycles. The predicted molar refractivity (Wildman–Crippen MR) is 151 cm³/mol. The first kappa shape index (κ1) is 29.5. The average Bonchev–Trinajstić information content (AvgIpc) is 2.87. The number of aryl methyl sites for hydroxylation is 2. The highest BCUT2D eigenvalue weighted by atomic mass is 79.9. The highest BCUT2D eigenvalue weighted by Crippen LogP contribution is 2.41. The molecule has 1 N–H and O–H groups in total. The molecule has 0 aliphatic carbocycles. The lowest BCUT2D eigenvalue weighted by Crippen LogP contribution is -2.51. The Morgan fingerprint density at radius 2 is 1.40 bits per heavy atom. The van der Waals surface area contributed by atoms with Crippen LogP contribution in [-0.4, -0.2) is 29.3 Å². The molecule has 0 radical (unpaired) electrons. The molecule has 0 aromatic heterocycles. The average molecular weight is 547 g/mol. The number of hydrogen-bond acceptors (Lipinski definition) is 2. The summed E-state index contributed by atoms with van der Waals surface area (Å²) in [6.45, 7) is 14.7. The zero-order chi connectivity index (χ0) is 26.0. The van der Waals surface area contributed by atoms with Gasteiger partial charge < -0.3 is 5.32 Å². The molecule has 4 nitrogen and oxygen atoms in total. The molecule has 1 aliphatic heterocycles. The minimum Gasteiger partial charge on any atom is -0.321 e. The van der Waals surface area contributed by atoms with E-state index in [1.807, 2.05) is 6.07 Å². The molecule has 35 heavy (non-hydrogen) atoms. The van der Waals surface area contributed by atoms with Gasteiger partial charge in [0.25, 0.3) is 5.91 Å². The number of nitrogens with zero attached hydrogens (tertiary/aromatic N) is 1. The monoisotopic (exact) mass is 545 g/mol. The number of hydrogen-bond donors (Lipinski definition) is 1. The van der Waals surface area contributed by atoms with E-state index in [9.17, 15) is 9.59 Å². The molecule has 0 saturated heterocycles. The first-order chi connectivity index (χ1) is 16.8. The van der Waals surface area contributed by atoms with E-state index >= 15 is 0 Å². The van der Waals surface area contributed by atoms with Crippen molar-refractivity contribution in [1.82, 2.24) is 0 Å². The summed E-state index contributed by atoms with van der Waals surface area (Å²) < 4.78 is 1.21. The Balaban J connectivity index is 2.61. The lowest BCUT2D eigenvalue weighted by molar-refractivity contribution is -0.857. The van der Waals surface area contributed by atoms with Gasteiger partial charge in [0.05, 0.1) is 13.1 Å². The molecule has 1 aliphatic rings. The van der Waals surface area contributed by atoms with Crippen LogP contribution in [0.4, 0.5) is 5.69 Å². The van der Waals surface area contributed by atoms with Crippen LogP contribution in [-0.2, 0) is 22.4 Å². The Labute approximate surface area is 222 Å². The topological polar surface area (TPSA) is 46.2 Å². The molecule has 0 spiro atoms. The predicted octanol–water partition coefficient (Wildman–Crippen LogP) is 8.21. The third-order valence-corrected chi connectivity index (χ3v) is 8.46. The van der Waals surface area contributed by atoms with E-state index in [1.54, 1.807) is 0 Å². The molecule has 0 bridgehead atoms. The van der Waals surface area contributed by atoms with Crippen LogP contribution in [0.3, 0.4) is 0 Å². The van der Waals surface area contributed by atoms with Gasteiger partial charge in [0.1, 0.15) is 21.4 Å². The van der Waals surface area contributed by atoms with Crippen molar-refractivity contribution >= 4 is 33.3 Å². The van der Waals surface area contributed by atoms with Gasteiger partial charge in [-0.2, -0.15) is 0 Å². The standard InChI is InChI=1S/C30H45BrN2O2/c1-7-12-14-16-21-33(20-15-13-8-2)22(6)27(31)29(34)26(25(33)11-5)30(35)32-28-23(9-3)18-17-19-24(28)10-4/h17-19H,7-16,20-21H2,1-6H3/p+1. The second-order valence-corrected chi connectivity index (χ2v) is 10.5. The Hall–Kier alpha value is -1.72. The maximum atomic E-state index is 13.9. The molecule has 0 fully saturated rings. The van der Waals surface area contributed by atoms with E-state index in [2.05, 4.69) is 74.9 Å². The molecular formula is C30H46BrN2O2+.